The maximum Gasteiger partial charge on any atom is 0.106 e. The van der Waals surface area contributed by atoms with E-state index in [-0.39, 0.29) is 0 Å². The molecule has 1 N–H and O–H groups in total. The normalized spacial score (nSPS) is 24.3. The van der Waals surface area contributed by atoms with Gasteiger partial charge in [-0.25, -0.2) is 4.98 Å². The SMILES string of the molecule is CC1CCCC(Nc2c(Cl)ccc3scnc23)C1. The van der Waals surface area contributed by atoms with Gasteiger partial charge in [-0.2, -0.15) is 0 Å². The van der Waals surface area contributed by atoms with Crippen LogP contribution in [0.3, 0.4) is 0 Å². The highest BCUT2D eigenvalue weighted by Crippen LogP contribution is 2.35. The summed E-state index contributed by atoms with van der Waals surface area (Å²) in [5, 5.41) is 4.40. The maximum absolute atomic E-state index is 6.32. The van der Waals surface area contributed by atoms with Crippen LogP contribution >= 0.6 is 22.9 Å². The van der Waals surface area contributed by atoms with Crippen molar-refractivity contribution in [1.29, 1.82) is 0 Å². The maximum atomic E-state index is 6.32. The lowest BCUT2D eigenvalue weighted by Gasteiger charge is -2.28. The molecular weight excluding hydrogens is 264 g/mol. The summed E-state index contributed by atoms with van der Waals surface area (Å²) >= 11 is 7.98. The van der Waals surface area contributed by atoms with Crippen molar-refractivity contribution in [3.8, 4) is 0 Å². The Morgan fingerprint density at radius 3 is 3.11 bits per heavy atom. The van der Waals surface area contributed by atoms with Crippen molar-refractivity contribution in [1.82, 2.24) is 4.98 Å². The van der Waals surface area contributed by atoms with E-state index in [1.807, 2.05) is 17.6 Å². The molecule has 1 heterocycles. The minimum absolute atomic E-state index is 0.540. The van der Waals surface area contributed by atoms with Gasteiger partial charge in [0.05, 0.1) is 20.9 Å². The fourth-order valence-electron chi connectivity index (χ4n) is 2.81. The summed E-state index contributed by atoms with van der Waals surface area (Å²) in [6, 6.07) is 4.55. The third kappa shape index (κ3) is 2.34. The first-order chi connectivity index (χ1) is 8.74. The Balaban J connectivity index is 1.89. The number of nitrogens with one attached hydrogen (secondary N) is 1. The molecule has 2 unspecified atom stereocenters. The van der Waals surface area contributed by atoms with Crippen LogP contribution in [-0.4, -0.2) is 11.0 Å². The van der Waals surface area contributed by atoms with Crippen molar-refractivity contribution >= 4 is 38.8 Å². The molecular formula is C14H17ClN2S. The monoisotopic (exact) mass is 280 g/mol. The molecule has 0 radical (unpaired) electrons. The molecule has 18 heavy (non-hydrogen) atoms. The molecule has 2 aromatic rings. The molecule has 96 valence electrons. The molecule has 0 saturated heterocycles. The number of anilines is 1. The molecule has 3 rings (SSSR count). The minimum atomic E-state index is 0.540. The van der Waals surface area contributed by atoms with E-state index in [9.17, 15) is 0 Å². The van der Waals surface area contributed by atoms with Crippen molar-refractivity contribution in [2.45, 2.75) is 38.6 Å². The van der Waals surface area contributed by atoms with E-state index in [4.69, 9.17) is 11.6 Å². The van der Waals surface area contributed by atoms with Crippen LogP contribution in [0.5, 0.6) is 0 Å². The number of benzene rings is 1. The van der Waals surface area contributed by atoms with E-state index in [1.54, 1.807) is 11.3 Å². The van der Waals surface area contributed by atoms with E-state index < -0.39 is 0 Å². The molecule has 1 aromatic heterocycles. The molecule has 1 aliphatic carbocycles. The number of rotatable bonds is 2. The van der Waals surface area contributed by atoms with Gasteiger partial charge >= 0.3 is 0 Å². The number of fused-ring (bicyclic) bond motifs is 1. The van der Waals surface area contributed by atoms with Gasteiger partial charge in [0.2, 0.25) is 0 Å². The number of halogens is 1. The number of nitrogens with zero attached hydrogens (tertiary/aromatic N) is 1. The molecule has 1 saturated carbocycles. The Morgan fingerprint density at radius 2 is 2.28 bits per heavy atom. The predicted octanol–water partition coefficient (Wildman–Crippen LogP) is 4.94. The molecule has 2 atom stereocenters. The minimum Gasteiger partial charge on any atom is -0.379 e. The van der Waals surface area contributed by atoms with Gasteiger partial charge in [-0.1, -0.05) is 31.4 Å². The highest BCUT2D eigenvalue weighted by atomic mass is 35.5. The Bertz CT molecular complexity index is 552. The molecule has 0 spiro atoms. The molecule has 1 aliphatic rings. The van der Waals surface area contributed by atoms with Crippen LogP contribution in [0.1, 0.15) is 32.6 Å². The molecule has 2 nitrogen and oxygen atoms in total. The van der Waals surface area contributed by atoms with Crippen LogP contribution in [0, 0.1) is 5.92 Å². The van der Waals surface area contributed by atoms with Gasteiger partial charge in [-0.15, -0.1) is 11.3 Å². The van der Waals surface area contributed by atoms with Crippen molar-refractivity contribution in [2.24, 2.45) is 5.92 Å². The van der Waals surface area contributed by atoms with Gasteiger partial charge in [0.25, 0.3) is 0 Å². The predicted molar refractivity (Wildman–Crippen MR) is 79.7 cm³/mol. The van der Waals surface area contributed by atoms with Crippen molar-refractivity contribution in [3.05, 3.63) is 22.7 Å². The van der Waals surface area contributed by atoms with Crippen LogP contribution in [-0.2, 0) is 0 Å². The molecule has 1 aromatic carbocycles. The summed E-state index contributed by atoms with van der Waals surface area (Å²) in [5.41, 5.74) is 3.93. The van der Waals surface area contributed by atoms with Crippen LogP contribution in [0.2, 0.25) is 5.02 Å². The van der Waals surface area contributed by atoms with Crippen LogP contribution in [0.15, 0.2) is 17.6 Å². The summed E-state index contributed by atoms with van der Waals surface area (Å²) < 4.78 is 1.20. The van der Waals surface area contributed by atoms with Crippen molar-refractivity contribution in [2.75, 3.05) is 5.32 Å². The summed E-state index contributed by atoms with van der Waals surface area (Å²) in [7, 11) is 0. The average Bonchev–Trinajstić information content (AvgIpc) is 2.81. The number of aromatic nitrogens is 1. The Morgan fingerprint density at radius 1 is 1.39 bits per heavy atom. The zero-order valence-corrected chi connectivity index (χ0v) is 12.0. The second-order valence-corrected chi connectivity index (χ2v) is 6.53. The quantitative estimate of drug-likeness (QED) is 0.843. The molecule has 0 aliphatic heterocycles. The lowest BCUT2D eigenvalue weighted by atomic mass is 9.87. The summed E-state index contributed by atoms with van der Waals surface area (Å²) in [6.07, 6.45) is 5.13. The molecule has 4 heteroatoms. The van der Waals surface area contributed by atoms with Crippen molar-refractivity contribution < 1.29 is 0 Å². The fourth-order valence-corrected chi connectivity index (χ4v) is 3.70. The Kier molecular flexibility index (Phi) is 3.44. The first kappa shape index (κ1) is 12.2. The highest BCUT2D eigenvalue weighted by molar-refractivity contribution is 7.16. The highest BCUT2D eigenvalue weighted by Gasteiger charge is 2.20. The first-order valence-corrected chi connectivity index (χ1v) is 7.78. The average molecular weight is 281 g/mol. The summed E-state index contributed by atoms with van der Waals surface area (Å²) in [5.74, 6) is 0.810. The lowest BCUT2D eigenvalue weighted by Crippen LogP contribution is -2.26. The smallest absolute Gasteiger partial charge is 0.106 e. The zero-order chi connectivity index (χ0) is 12.5. The lowest BCUT2D eigenvalue weighted by molar-refractivity contribution is 0.359. The van der Waals surface area contributed by atoms with Crippen molar-refractivity contribution in [3.63, 3.8) is 0 Å². The van der Waals surface area contributed by atoms with Crippen LogP contribution in [0.25, 0.3) is 10.2 Å². The largest absolute Gasteiger partial charge is 0.379 e. The van der Waals surface area contributed by atoms with E-state index in [2.05, 4.69) is 17.2 Å². The summed E-state index contributed by atoms with van der Waals surface area (Å²) in [4.78, 5) is 4.44. The first-order valence-electron chi connectivity index (χ1n) is 6.52. The van der Waals surface area contributed by atoms with E-state index >= 15 is 0 Å². The topological polar surface area (TPSA) is 24.9 Å². The molecule has 0 amide bonds. The van der Waals surface area contributed by atoms with Gasteiger partial charge in [0.15, 0.2) is 0 Å². The molecule has 0 bridgehead atoms. The van der Waals surface area contributed by atoms with Gasteiger partial charge in [-0.3, -0.25) is 0 Å². The number of thiazole rings is 1. The standard InChI is InChI=1S/C14H17ClN2S/c1-9-3-2-4-10(7-9)17-13-11(15)5-6-12-14(13)16-8-18-12/h5-6,8-10,17H,2-4,7H2,1H3. The van der Waals surface area contributed by atoms with Gasteiger partial charge in [-0.05, 0) is 30.9 Å². The third-order valence-electron chi connectivity index (χ3n) is 3.74. The van der Waals surface area contributed by atoms with E-state index in [0.29, 0.717) is 6.04 Å². The second kappa shape index (κ2) is 5.06. The van der Waals surface area contributed by atoms with Gasteiger partial charge in [0.1, 0.15) is 5.52 Å². The van der Waals surface area contributed by atoms with E-state index in [0.717, 1.165) is 22.1 Å². The third-order valence-corrected chi connectivity index (χ3v) is 4.85. The summed E-state index contributed by atoms with van der Waals surface area (Å²) in [6.45, 7) is 2.33. The van der Waals surface area contributed by atoms with Gasteiger partial charge in [0, 0.05) is 6.04 Å². The van der Waals surface area contributed by atoms with Crippen LogP contribution < -0.4 is 5.32 Å². The Hall–Kier alpha value is -0.800. The Labute approximate surface area is 116 Å². The second-order valence-electron chi connectivity index (χ2n) is 5.23. The fraction of sp³-hybridized carbons (Fsp3) is 0.500. The zero-order valence-electron chi connectivity index (χ0n) is 10.4. The van der Waals surface area contributed by atoms with E-state index in [1.165, 1.54) is 30.4 Å². The van der Waals surface area contributed by atoms with Gasteiger partial charge < -0.3 is 5.32 Å². The molecule has 1 fully saturated rings. The number of hydrogen-bond acceptors (Lipinski definition) is 3. The van der Waals surface area contributed by atoms with Crippen LogP contribution in [0.4, 0.5) is 5.69 Å². The number of hydrogen-bond donors (Lipinski definition) is 1.